The number of rotatable bonds is 3. The van der Waals surface area contributed by atoms with Crippen LogP contribution in [0.5, 0.6) is 0 Å². The molecule has 0 amide bonds. The largest absolute Gasteiger partial charge is 0.488 e. The Kier molecular flexibility index (Phi) is 2.95. The summed E-state index contributed by atoms with van der Waals surface area (Å²) < 4.78 is 0. The van der Waals surface area contributed by atoms with E-state index in [1.807, 2.05) is 12.1 Å². The summed E-state index contributed by atoms with van der Waals surface area (Å²) in [6.45, 7) is 1.12. The van der Waals surface area contributed by atoms with E-state index in [1.165, 1.54) is 0 Å². The first-order valence-corrected chi connectivity index (χ1v) is 5.06. The lowest BCUT2D eigenvalue weighted by Crippen LogP contribution is -2.50. The van der Waals surface area contributed by atoms with Gasteiger partial charge >= 0.3 is 7.12 Å². The van der Waals surface area contributed by atoms with Crippen LogP contribution >= 0.6 is 0 Å². The summed E-state index contributed by atoms with van der Waals surface area (Å²) in [4.78, 5) is 2.10. The fourth-order valence-electron chi connectivity index (χ4n) is 1.81. The molecule has 0 aromatic heterocycles. The fraction of sp³-hybridized carbons (Fsp3) is 0.400. The van der Waals surface area contributed by atoms with Crippen LogP contribution in [0.15, 0.2) is 24.3 Å². The quantitative estimate of drug-likeness (QED) is 0.552. The smallest absolute Gasteiger partial charge is 0.423 e. The van der Waals surface area contributed by atoms with Crippen LogP contribution in [0.25, 0.3) is 0 Å². The molecule has 3 N–H and O–H groups in total. The summed E-state index contributed by atoms with van der Waals surface area (Å²) in [5.41, 5.74) is 1.50. The molecular formula is C10H14BNO3. The van der Waals surface area contributed by atoms with Gasteiger partial charge in [0.1, 0.15) is 0 Å². The average molecular weight is 207 g/mol. The molecule has 1 heterocycles. The lowest BCUT2D eigenvalue weighted by molar-refractivity contribution is 0.226. The Labute approximate surface area is 88.9 Å². The molecule has 1 aromatic carbocycles. The average Bonchev–Trinajstić information content (AvgIpc) is 2.17. The highest BCUT2D eigenvalue weighted by atomic mass is 16.4. The van der Waals surface area contributed by atoms with E-state index in [0.717, 1.165) is 18.7 Å². The highest BCUT2D eigenvalue weighted by Crippen LogP contribution is 2.25. The number of benzene rings is 1. The summed E-state index contributed by atoms with van der Waals surface area (Å²) in [6.07, 6.45) is 1.01. The second-order valence-corrected chi connectivity index (χ2v) is 3.78. The molecule has 4 nitrogen and oxygen atoms in total. The van der Waals surface area contributed by atoms with Crippen molar-refractivity contribution in [2.24, 2.45) is 0 Å². The maximum Gasteiger partial charge on any atom is 0.488 e. The molecule has 1 fully saturated rings. The molecule has 1 aliphatic rings. The van der Waals surface area contributed by atoms with Crippen LogP contribution in [0.2, 0.25) is 0 Å². The molecule has 0 radical (unpaired) electrons. The second kappa shape index (κ2) is 4.22. The number of hydrogen-bond donors (Lipinski definition) is 3. The highest BCUT2D eigenvalue weighted by molar-refractivity contribution is 6.58. The van der Waals surface area contributed by atoms with Gasteiger partial charge in [0.2, 0.25) is 0 Å². The summed E-state index contributed by atoms with van der Waals surface area (Å²) in [7, 11) is -1.41. The molecule has 1 atom stereocenters. The summed E-state index contributed by atoms with van der Waals surface area (Å²) in [5.74, 6) is 0. The molecule has 1 saturated heterocycles. The maximum absolute atomic E-state index is 9.04. The molecule has 0 bridgehead atoms. The lowest BCUT2D eigenvalue weighted by atomic mass is 9.80. The van der Waals surface area contributed by atoms with E-state index in [-0.39, 0.29) is 12.6 Å². The molecule has 0 unspecified atom stereocenters. The van der Waals surface area contributed by atoms with Gasteiger partial charge in [-0.05, 0) is 24.0 Å². The molecule has 0 saturated carbocycles. The van der Waals surface area contributed by atoms with Crippen molar-refractivity contribution in [3.05, 3.63) is 24.3 Å². The predicted molar refractivity (Wildman–Crippen MR) is 59.1 cm³/mol. The Bertz CT molecular complexity index is 326. The summed E-state index contributed by atoms with van der Waals surface area (Å²) in [6, 6.07) is 7.28. The molecular weight excluding hydrogens is 193 g/mol. The van der Waals surface area contributed by atoms with Crippen LogP contribution in [0.1, 0.15) is 6.42 Å². The van der Waals surface area contributed by atoms with Crippen LogP contribution in [0, 0.1) is 0 Å². The van der Waals surface area contributed by atoms with Gasteiger partial charge in [-0.15, -0.1) is 0 Å². The van der Waals surface area contributed by atoms with Crippen LogP contribution in [-0.2, 0) is 0 Å². The normalized spacial score (nSPS) is 19.9. The van der Waals surface area contributed by atoms with Crippen molar-refractivity contribution in [2.45, 2.75) is 12.5 Å². The number of hydrogen-bond acceptors (Lipinski definition) is 4. The van der Waals surface area contributed by atoms with E-state index in [0.29, 0.717) is 5.46 Å². The third-order valence-electron chi connectivity index (χ3n) is 2.88. The van der Waals surface area contributed by atoms with Crippen molar-refractivity contribution in [1.29, 1.82) is 0 Å². The maximum atomic E-state index is 9.04. The number of nitrogens with zero attached hydrogens (tertiary/aromatic N) is 1. The van der Waals surface area contributed by atoms with Crippen LogP contribution in [0.4, 0.5) is 5.69 Å². The Morgan fingerprint density at radius 3 is 2.33 bits per heavy atom. The van der Waals surface area contributed by atoms with Crippen LogP contribution in [0.3, 0.4) is 0 Å². The monoisotopic (exact) mass is 207 g/mol. The third kappa shape index (κ3) is 1.99. The van der Waals surface area contributed by atoms with Crippen LogP contribution < -0.4 is 10.4 Å². The van der Waals surface area contributed by atoms with Crippen molar-refractivity contribution < 1.29 is 15.2 Å². The second-order valence-electron chi connectivity index (χ2n) is 3.78. The third-order valence-corrected chi connectivity index (χ3v) is 2.88. The van der Waals surface area contributed by atoms with Gasteiger partial charge in [-0.25, -0.2) is 0 Å². The zero-order valence-corrected chi connectivity index (χ0v) is 8.37. The van der Waals surface area contributed by atoms with E-state index >= 15 is 0 Å². The molecule has 2 rings (SSSR count). The minimum absolute atomic E-state index is 0.171. The van der Waals surface area contributed by atoms with Gasteiger partial charge in [-0.3, -0.25) is 0 Å². The van der Waals surface area contributed by atoms with Gasteiger partial charge in [0, 0.05) is 12.2 Å². The Morgan fingerprint density at radius 2 is 1.93 bits per heavy atom. The van der Waals surface area contributed by atoms with Gasteiger partial charge in [0.15, 0.2) is 0 Å². The zero-order chi connectivity index (χ0) is 10.8. The van der Waals surface area contributed by atoms with E-state index in [4.69, 9.17) is 15.2 Å². The minimum Gasteiger partial charge on any atom is -0.423 e. The van der Waals surface area contributed by atoms with E-state index in [9.17, 15) is 0 Å². The molecule has 0 spiro atoms. The standard InChI is InChI=1S/C10H14BNO3/c13-7-10-5-6-12(10)9-3-1-8(2-4-9)11(14)15/h1-4,10,13-15H,5-7H2/t10-/m1/s1. The van der Waals surface area contributed by atoms with E-state index in [1.54, 1.807) is 12.1 Å². The number of aliphatic hydroxyl groups excluding tert-OH is 1. The van der Waals surface area contributed by atoms with E-state index in [2.05, 4.69) is 4.90 Å². The van der Waals surface area contributed by atoms with Crippen molar-refractivity contribution >= 4 is 18.3 Å². The predicted octanol–water partition coefficient (Wildman–Crippen LogP) is -1.06. The van der Waals surface area contributed by atoms with Crippen molar-refractivity contribution in [3.63, 3.8) is 0 Å². The first kappa shape index (κ1) is 10.5. The van der Waals surface area contributed by atoms with Gasteiger partial charge in [-0.2, -0.15) is 0 Å². The molecule has 0 aliphatic carbocycles. The van der Waals surface area contributed by atoms with Crippen molar-refractivity contribution in [3.8, 4) is 0 Å². The van der Waals surface area contributed by atoms with Gasteiger partial charge in [-0.1, -0.05) is 12.1 Å². The fourth-order valence-corrected chi connectivity index (χ4v) is 1.81. The van der Waals surface area contributed by atoms with Crippen molar-refractivity contribution in [2.75, 3.05) is 18.1 Å². The first-order chi connectivity index (χ1) is 7.22. The van der Waals surface area contributed by atoms with E-state index < -0.39 is 7.12 Å². The Hall–Kier alpha value is -1.04. The lowest BCUT2D eigenvalue weighted by Gasteiger charge is -2.42. The van der Waals surface area contributed by atoms with Gasteiger partial charge < -0.3 is 20.1 Å². The molecule has 80 valence electrons. The molecule has 15 heavy (non-hydrogen) atoms. The Morgan fingerprint density at radius 1 is 1.27 bits per heavy atom. The summed E-state index contributed by atoms with van der Waals surface area (Å²) >= 11 is 0. The molecule has 1 aromatic rings. The number of aliphatic hydroxyl groups is 1. The summed E-state index contributed by atoms with van der Waals surface area (Å²) in [5, 5.41) is 26.9. The van der Waals surface area contributed by atoms with Gasteiger partial charge in [0.25, 0.3) is 0 Å². The topological polar surface area (TPSA) is 63.9 Å². The first-order valence-electron chi connectivity index (χ1n) is 5.06. The van der Waals surface area contributed by atoms with Crippen LogP contribution in [-0.4, -0.2) is 41.5 Å². The number of anilines is 1. The minimum atomic E-state index is -1.41. The highest BCUT2D eigenvalue weighted by Gasteiger charge is 2.27. The van der Waals surface area contributed by atoms with Crippen molar-refractivity contribution in [1.82, 2.24) is 0 Å². The van der Waals surface area contributed by atoms with Gasteiger partial charge in [0.05, 0.1) is 12.6 Å². The zero-order valence-electron chi connectivity index (χ0n) is 8.37. The molecule has 1 aliphatic heterocycles. The molecule has 5 heteroatoms. The Balaban J connectivity index is 2.10. The SMILES string of the molecule is OC[C@H]1CCN1c1ccc(B(O)O)cc1.